The van der Waals surface area contributed by atoms with Gasteiger partial charge in [0.1, 0.15) is 12.4 Å². The maximum atomic E-state index is 12.6. The Morgan fingerprint density at radius 3 is 2.50 bits per heavy atom. The second-order valence-corrected chi connectivity index (χ2v) is 11.8. The number of hydrogen-bond donors (Lipinski definition) is 1. The number of carboxylic acids is 1. The predicted octanol–water partition coefficient (Wildman–Crippen LogP) is 5.40. The van der Waals surface area contributed by atoms with E-state index >= 15 is 0 Å². The number of aryl methyl sites for hydroxylation is 2. The van der Waals surface area contributed by atoms with Crippen molar-refractivity contribution in [2.45, 2.75) is 39.7 Å². The number of aliphatic carboxylic acids is 1. The van der Waals surface area contributed by atoms with E-state index in [1.165, 1.54) is 0 Å². The van der Waals surface area contributed by atoms with Crippen LogP contribution in [0.15, 0.2) is 41.8 Å². The van der Waals surface area contributed by atoms with Crippen LogP contribution >= 0.6 is 11.3 Å². The molecule has 8 heteroatoms. The molecule has 3 fully saturated rings. The van der Waals surface area contributed by atoms with Crippen LogP contribution in [0, 0.1) is 31.6 Å². The van der Waals surface area contributed by atoms with Crippen LogP contribution in [-0.2, 0) is 11.4 Å². The second-order valence-electron chi connectivity index (χ2n) is 11.0. The number of carbonyl (C=O) groups excluding carboxylic acids is 1. The molecular weight excluding hydrogens is 498 g/mol. The van der Waals surface area contributed by atoms with Crippen LogP contribution in [-0.4, -0.2) is 53.0 Å². The third kappa shape index (κ3) is 4.66. The van der Waals surface area contributed by atoms with Crippen molar-refractivity contribution in [2.24, 2.45) is 17.8 Å². The van der Waals surface area contributed by atoms with Crippen LogP contribution in [0.25, 0.3) is 11.3 Å². The lowest BCUT2D eigenvalue weighted by atomic mass is 9.85. The van der Waals surface area contributed by atoms with Gasteiger partial charge in [-0.3, -0.25) is 9.59 Å². The standard InChI is InChI=1S/C30H33N3O4S/c1-18-4-9-26(37-16-23-8-5-20(13-19(23)2)28(34)32-10-3-11-32)24(12-18)25-17-38-30(31-25)33-14-21-6-7-22(15-33)27(21)29(35)36/h4-5,8-9,12-13,17,21-22,27H,3,6-7,10-11,14-16H2,1-2H3,(H,35,36). The van der Waals surface area contributed by atoms with E-state index in [-0.39, 0.29) is 23.7 Å². The number of nitrogens with zero attached hydrogens (tertiary/aromatic N) is 3. The summed E-state index contributed by atoms with van der Waals surface area (Å²) in [6.07, 6.45) is 3.05. The number of piperidine rings is 1. The van der Waals surface area contributed by atoms with E-state index in [4.69, 9.17) is 9.72 Å². The van der Waals surface area contributed by atoms with Crippen LogP contribution in [0.1, 0.15) is 46.3 Å². The number of aromatic nitrogens is 1. The first kappa shape index (κ1) is 24.9. The molecule has 2 atom stereocenters. The Morgan fingerprint density at radius 1 is 1.08 bits per heavy atom. The fraction of sp³-hybridized carbons (Fsp3) is 0.433. The van der Waals surface area contributed by atoms with Crippen molar-refractivity contribution >= 4 is 28.3 Å². The molecule has 198 valence electrons. The van der Waals surface area contributed by atoms with Gasteiger partial charge in [-0.1, -0.05) is 17.7 Å². The largest absolute Gasteiger partial charge is 0.488 e. The fourth-order valence-corrected chi connectivity index (χ4v) is 6.98. The minimum atomic E-state index is -0.647. The van der Waals surface area contributed by atoms with Crippen molar-refractivity contribution in [3.63, 3.8) is 0 Å². The number of carboxylic acid groups (broad SMARTS) is 1. The number of benzene rings is 2. The maximum absolute atomic E-state index is 12.6. The summed E-state index contributed by atoms with van der Waals surface area (Å²) in [5.41, 5.74) is 5.79. The number of amides is 1. The Balaban J connectivity index is 1.18. The van der Waals surface area contributed by atoms with Crippen LogP contribution < -0.4 is 9.64 Å². The molecule has 1 N–H and O–H groups in total. The van der Waals surface area contributed by atoms with E-state index in [1.807, 2.05) is 42.2 Å². The van der Waals surface area contributed by atoms with E-state index in [2.05, 4.69) is 23.3 Å². The summed E-state index contributed by atoms with van der Waals surface area (Å²) in [6, 6.07) is 12.0. The van der Waals surface area contributed by atoms with Crippen molar-refractivity contribution in [2.75, 3.05) is 31.1 Å². The Labute approximate surface area is 227 Å². The molecule has 2 bridgehead atoms. The van der Waals surface area contributed by atoms with Crippen molar-refractivity contribution in [1.82, 2.24) is 9.88 Å². The summed E-state index contributed by atoms with van der Waals surface area (Å²) < 4.78 is 6.32. The predicted molar refractivity (Wildman–Crippen MR) is 148 cm³/mol. The quantitative estimate of drug-likeness (QED) is 0.440. The van der Waals surface area contributed by atoms with Gasteiger partial charge in [0.05, 0.1) is 11.6 Å². The highest BCUT2D eigenvalue weighted by Crippen LogP contribution is 2.44. The minimum absolute atomic E-state index is 0.104. The van der Waals surface area contributed by atoms with Crippen molar-refractivity contribution < 1.29 is 19.4 Å². The number of likely N-dealkylation sites (tertiary alicyclic amines) is 1. The highest BCUT2D eigenvalue weighted by Gasteiger charge is 2.46. The monoisotopic (exact) mass is 531 g/mol. The maximum Gasteiger partial charge on any atom is 0.307 e. The zero-order chi connectivity index (χ0) is 26.4. The molecule has 1 aromatic heterocycles. The number of ether oxygens (including phenoxy) is 1. The van der Waals surface area contributed by atoms with E-state index in [0.717, 1.165) is 89.8 Å². The van der Waals surface area contributed by atoms with Gasteiger partial charge in [-0.25, -0.2) is 4.98 Å². The number of thiazole rings is 1. The molecule has 1 amide bonds. The van der Waals surface area contributed by atoms with Gasteiger partial charge in [-0.15, -0.1) is 11.3 Å². The van der Waals surface area contributed by atoms with Gasteiger partial charge in [-0.05, 0) is 80.3 Å². The van der Waals surface area contributed by atoms with Crippen LogP contribution in [0.5, 0.6) is 5.75 Å². The SMILES string of the molecule is Cc1ccc(OCc2ccc(C(=O)N3CCC3)cc2C)c(-c2csc(N3CC4CCC(C3)C4C(=O)O)n2)c1. The molecule has 2 saturated heterocycles. The molecule has 3 aliphatic rings. The van der Waals surface area contributed by atoms with E-state index in [9.17, 15) is 14.7 Å². The fourth-order valence-electron chi connectivity index (χ4n) is 6.13. The van der Waals surface area contributed by atoms with Crippen LogP contribution in [0.3, 0.4) is 0 Å². The van der Waals surface area contributed by atoms with Gasteiger partial charge in [0.15, 0.2) is 5.13 Å². The van der Waals surface area contributed by atoms with Gasteiger partial charge in [-0.2, -0.15) is 0 Å². The lowest BCUT2D eigenvalue weighted by Crippen LogP contribution is -2.44. The van der Waals surface area contributed by atoms with E-state index < -0.39 is 5.97 Å². The zero-order valence-electron chi connectivity index (χ0n) is 21.9. The molecule has 38 heavy (non-hydrogen) atoms. The van der Waals surface area contributed by atoms with Gasteiger partial charge < -0.3 is 19.6 Å². The number of carbonyl (C=O) groups is 2. The third-order valence-electron chi connectivity index (χ3n) is 8.41. The van der Waals surface area contributed by atoms with Gasteiger partial charge >= 0.3 is 5.97 Å². The molecule has 2 unspecified atom stereocenters. The molecule has 1 saturated carbocycles. The Bertz CT molecular complexity index is 1370. The smallest absolute Gasteiger partial charge is 0.307 e. The molecule has 2 aromatic carbocycles. The van der Waals surface area contributed by atoms with Crippen molar-refractivity contribution in [3.8, 4) is 17.0 Å². The number of fused-ring (bicyclic) bond motifs is 2. The average molecular weight is 532 g/mol. The number of hydrogen-bond acceptors (Lipinski definition) is 6. The van der Waals surface area contributed by atoms with Crippen molar-refractivity contribution in [1.29, 1.82) is 0 Å². The average Bonchev–Trinajstić information content (AvgIpc) is 3.45. The van der Waals surface area contributed by atoms with E-state index in [0.29, 0.717) is 6.61 Å². The summed E-state index contributed by atoms with van der Waals surface area (Å²) in [7, 11) is 0. The highest BCUT2D eigenvalue weighted by atomic mass is 32.1. The molecule has 1 aliphatic carbocycles. The number of rotatable bonds is 7. The Morgan fingerprint density at radius 2 is 1.84 bits per heavy atom. The van der Waals surface area contributed by atoms with Gasteiger partial charge in [0, 0.05) is 42.7 Å². The molecule has 7 nitrogen and oxygen atoms in total. The summed E-state index contributed by atoms with van der Waals surface area (Å²) in [5.74, 6) is 0.420. The first-order valence-electron chi connectivity index (χ1n) is 13.4. The summed E-state index contributed by atoms with van der Waals surface area (Å²) in [4.78, 5) is 33.4. The van der Waals surface area contributed by atoms with E-state index in [1.54, 1.807) is 11.3 Å². The summed E-state index contributed by atoms with van der Waals surface area (Å²) in [5, 5.41) is 12.7. The minimum Gasteiger partial charge on any atom is -0.488 e. The lowest BCUT2D eigenvalue weighted by Gasteiger charge is -2.35. The van der Waals surface area contributed by atoms with Crippen LogP contribution in [0.4, 0.5) is 5.13 Å². The second kappa shape index (κ2) is 10.1. The summed E-state index contributed by atoms with van der Waals surface area (Å²) in [6.45, 7) is 7.70. The van der Waals surface area contributed by atoms with Gasteiger partial charge in [0.25, 0.3) is 5.91 Å². The normalized spacial score (nSPS) is 22.3. The molecule has 0 spiro atoms. The molecule has 6 rings (SSSR count). The third-order valence-corrected chi connectivity index (χ3v) is 9.31. The lowest BCUT2D eigenvalue weighted by molar-refractivity contribution is -0.144. The first-order chi connectivity index (χ1) is 18.4. The first-order valence-corrected chi connectivity index (χ1v) is 14.3. The Hall–Kier alpha value is -3.39. The molecule has 3 aromatic rings. The summed E-state index contributed by atoms with van der Waals surface area (Å²) >= 11 is 1.61. The molecule has 0 radical (unpaired) electrons. The molecular formula is C30H33N3O4S. The molecule has 2 aliphatic heterocycles. The Kier molecular flexibility index (Phi) is 6.60. The zero-order valence-corrected chi connectivity index (χ0v) is 22.7. The van der Waals surface area contributed by atoms with Gasteiger partial charge in [0.2, 0.25) is 0 Å². The highest BCUT2D eigenvalue weighted by molar-refractivity contribution is 7.14. The van der Waals surface area contributed by atoms with Crippen molar-refractivity contribution in [3.05, 3.63) is 64.0 Å². The van der Waals surface area contributed by atoms with Crippen LogP contribution in [0.2, 0.25) is 0 Å². The number of anilines is 1. The molecule has 3 heterocycles. The topological polar surface area (TPSA) is 83.0 Å².